The van der Waals surface area contributed by atoms with Crippen molar-refractivity contribution in [3.05, 3.63) is 46.1 Å². The maximum absolute atomic E-state index is 11.8. The Labute approximate surface area is 116 Å². The van der Waals surface area contributed by atoms with E-state index in [2.05, 4.69) is 25.0 Å². The fourth-order valence-corrected chi connectivity index (χ4v) is 2.35. The summed E-state index contributed by atoms with van der Waals surface area (Å²) in [5.74, 6) is 0.567. The predicted octanol–water partition coefficient (Wildman–Crippen LogP) is 1.61. The largest absolute Gasteiger partial charge is 0.349 e. The normalized spacial score (nSPS) is 11.4. The minimum absolute atomic E-state index is 0.387. The summed E-state index contributed by atoms with van der Waals surface area (Å²) in [5, 5.41) is 4.43. The molecule has 0 saturated heterocycles. The topological polar surface area (TPSA) is 91.7 Å². The number of benzene rings is 1. The molecule has 4 rings (SSSR count). The first-order chi connectivity index (χ1) is 9.74. The summed E-state index contributed by atoms with van der Waals surface area (Å²) in [6.45, 7) is 0. The van der Waals surface area contributed by atoms with Gasteiger partial charge in [0, 0.05) is 5.56 Å². The van der Waals surface area contributed by atoms with Crippen LogP contribution in [0.1, 0.15) is 0 Å². The highest BCUT2D eigenvalue weighted by Gasteiger charge is 2.13. The molecule has 2 N–H and O–H groups in total. The summed E-state index contributed by atoms with van der Waals surface area (Å²) in [5.41, 5.74) is 1.82. The molecule has 98 valence electrons. The second-order valence-electron chi connectivity index (χ2n) is 4.21. The van der Waals surface area contributed by atoms with Gasteiger partial charge in [0.05, 0.1) is 5.02 Å². The molecular formula is C12H7ClN6O. The van der Waals surface area contributed by atoms with Crippen molar-refractivity contribution in [2.24, 2.45) is 0 Å². The molecule has 0 spiro atoms. The lowest BCUT2D eigenvalue weighted by atomic mass is 10.2. The molecule has 0 saturated carbocycles. The Morgan fingerprint density at radius 1 is 1.20 bits per heavy atom. The van der Waals surface area contributed by atoms with Crippen molar-refractivity contribution in [3.8, 4) is 11.4 Å². The smallest absolute Gasteiger partial charge is 0.333 e. The van der Waals surface area contributed by atoms with Crippen LogP contribution in [0.3, 0.4) is 0 Å². The van der Waals surface area contributed by atoms with Gasteiger partial charge in [-0.1, -0.05) is 23.7 Å². The van der Waals surface area contributed by atoms with E-state index in [-0.39, 0.29) is 5.69 Å². The number of fused-ring (bicyclic) bond motifs is 3. The van der Waals surface area contributed by atoms with Crippen LogP contribution >= 0.6 is 11.6 Å². The number of nitrogens with one attached hydrogen (secondary N) is 2. The Bertz CT molecular complexity index is 998. The van der Waals surface area contributed by atoms with Crippen LogP contribution in [0.2, 0.25) is 5.02 Å². The molecule has 0 unspecified atom stereocenters. The van der Waals surface area contributed by atoms with Gasteiger partial charge < -0.3 is 4.98 Å². The summed E-state index contributed by atoms with van der Waals surface area (Å²) < 4.78 is 1.18. The molecule has 7 nitrogen and oxygen atoms in total. The van der Waals surface area contributed by atoms with E-state index in [0.717, 1.165) is 5.56 Å². The third-order valence-corrected chi connectivity index (χ3v) is 3.35. The van der Waals surface area contributed by atoms with Gasteiger partial charge in [0.25, 0.3) is 0 Å². The summed E-state index contributed by atoms with van der Waals surface area (Å²) in [6, 6.07) is 7.33. The third kappa shape index (κ3) is 1.47. The van der Waals surface area contributed by atoms with Crippen LogP contribution in [0.4, 0.5) is 0 Å². The minimum Gasteiger partial charge on any atom is -0.333 e. The Hall–Kier alpha value is -2.67. The van der Waals surface area contributed by atoms with Gasteiger partial charge in [-0.3, -0.25) is 4.98 Å². The number of H-pyrrole nitrogens is 2. The van der Waals surface area contributed by atoms with E-state index in [9.17, 15) is 4.79 Å². The second kappa shape index (κ2) is 3.91. The first-order valence-corrected chi connectivity index (χ1v) is 6.18. The Kier molecular flexibility index (Phi) is 2.19. The number of imidazole rings is 1. The van der Waals surface area contributed by atoms with Crippen molar-refractivity contribution in [2.45, 2.75) is 0 Å². The molecule has 4 aromatic rings. The van der Waals surface area contributed by atoms with Gasteiger partial charge in [0.15, 0.2) is 11.3 Å². The van der Waals surface area contributed by atoms with Gasteiger partial charge in [-0.15, -0.1) is 0 Å². The number of halogens is 1. The number of nitrogens with zero attached hydrogens (tertiary/aromatic N) is 4. The van der Waals surface area contributed by atoms with Crippen molar-refractivity contribution in [2.75, 3.05) is 0 Å². The molecular weight excluding hydrogens is 280 g/mol. The van der Waals surface area contributed by atoms with E-state index in [1.54, 1.807) is 6.07 Å². The fraction of sp³-hybridized carbons (Fsp3) is 0. The number of rotatable bonds is 1. The first-order valence-electron chi connectivity index (χ1n) is 5.80. The fourth-order valence-electron chi connectivity index (χ4n) is 2.12. The van der Waals surface area contributed by atoms with E-state index in [0.29, 0.717) is 27.7 Å². The predicted molar refractivity (Wildman–Crippen MR) is 73.7 cm³/mol. The van der Waals surface area contributed by atoms with Crippen LogP contribution < -0.4 is 5.69 Å². The average Bonchev–Trinajstić information content (AvgIpc) is 3.05. The lowest BCUT2D eigenvalue weighted by Crippen LogP contribution is -2.17. The zero-order chi connectivity index (χ0) is 13.7. The summed E-state index contributed by atoms with van der Waals surface area (Å²) in [7, 11) is 0. The van der Waals surface area contributed by atoms with Gasteiger partial charge in [-0.2, -0.15) is 9.61 Å². The average molecular weight is 287 g/mol. The highest BCUT2D eigenvalue weighted by molar-refractivity contribution is 6.33. The second-order valence-corrected chi connectivity index (χ2v) is 4.62. The first kappa shape index (κ1) is 11.2. The molecule has 1 aromatic carbocycles. The molecule has 0 fully saturated rings. The third-order valence-electron chi connectivity index (χ3n) is 3.02. The zero-order valence-corrected chi connectivity index (χ0v) is 10.7. The lowest BCUT2D eigenvalue weighted by Gasteiger charge is -1.98. The van der Waals surface area contributed by atoms with Crippen LogP contribution in [-0.2, 0) is 0 Å². The van der Waals surface area contributed by atoms with Gasteiger partial charge in [-0.25, -0.2) is 14.8 Å². The van der Waals surface area contributed by atoms with Gasteiger partial charge >= 0.3 is 5.69 Å². The molecule has 3 heterocycles. The molecule has 0 atom stereocenters. The lowest BCUT2D eigenvalue weighted by molar-refractivity contribution is 0.879. The molecule has 3 aromatic heterocycles. The van der Waals surface area contributed by atoms with Crippen LogP contribution in [0, 0.1) is 0 Å². The Morgan fingerprint density at radius 3 is 2.90 bits per heavy atom. The standard InChI is InChI=1S/C12H7ClN6O/c13-7-4-2-1-3-6(7)9-16-8-10(17-9)18-12(20)19-11(8)14-5-15-19/h1-5H,(H,16,17)(H,18,20). The number of hydrogen-bond acceptors (Lipinski definition) is 4. The van der Waals surface area contributed by atoms with E-state index in [1.165, 1.54) is 10.8 Å². The van der Waals surface area contributed by atoms with Crippen LogP contribution in [0.15, 0.2) is 35.4 Å². The van der Waals surface area contributed by atoms with Crippen molar-refractivity contribution < 1.29 is 0 Å². The Morgan fingerprint density at radius 2 is 2.05 bits per heavy atom. The zero-order valence-electron chi connectivity index (χ0n) is 9.96. The van der Waals surface area contributed by atoms with Crippen molar-refractivity contribution in [1.29, 1.82) is 0 Å². The number of aromatic amines is 2. The van der Waals surface area contributed by atoms with E-state index >= 15 is 0 Å². The van der Waals surface area contributed by atoms with E-state index in [4.69, 9.17) is 11.6 Å². The van der Waals surface area contributed by atoms with Gasteiger partial charge in [0.2, 0.25) is 0 Å². The summed E-state index contributed by atoms with van der Waals surface area (Å²) in [6.07, 6.45) is 1.32. The maximum Gasteiger partial charge on any atom is 0.349 e. The molecule has 0 bridgehead atoms. The SMILES string of the molecule is O=c1[nH]c2nc(-c3ccccc3Cl)[nH]c2c2ncnn12. The Balaban J connectivity index is 2.09. The van der Waals surface area contributed by atoms with E-state index in [1.807, 2.05) is 18.2 Å². The van der Waals surface area contributed by atoms with Crippen molar-refractivity contribution in [3.63, 3.8) is 0 Å². The molecule has 0 radical (unpaired) electrons. The molecule has 0 aliphatic heterocycles. The van der Waals surface area contributed by atoms with Crippen LogP contribution in [0.25, 0.3) is 28.2 Å². The maximum atomic E-state index is 11.8. The monoisotopic (exact) mass is 286 g/mol. The summed E-state index contributed by atoms with van der Waals surface area (Å²) in [4.78, 5) is 26.0. The van der Waals surface area contributed by atoms with Crippen LogP contribution in [0.5, 0.6) is 0 Å². The minimum atomic E-state index is -0.387. The van der Waals surface area contributed by atoms with E-state index < -0.39 is 0 Å². The molecule has 0 amide bonds. The van der Waals surface area contributed by atoms with Crippen LogP contribution in [-0.4, -0.2) is 29.5 Å². The number of hydrogen-bond donors (Lipinski definition) is 2. The summed E-state index contributed by atoms with van der Waals surface area (Å²) >= 11 is 6.15. The quantitative estimate of drug-likeness (QED) is 0.556. The molecule has 0 aliphatic carbocycles. The van der Waals surface area contributed by atoms with Gasteiger partial charge in [0.1, 0.15) is 17.7 Å². The highest BCUT2D eigenvalue weighted by Crippen LogP contribution is 2.26. The van der Waals surface area contributed by atoms with Crippen molar-refractivity contribution >= 4 is 28.4 Å². The molecule has 8 heteroatoms. The van der Waals surface area contributed by atoms with Gasteiger partial charge in [-0.05, 0) is 12.1 Å². The van der Waals surface area contributed by atoms with Crippen molar-refractivity contribution in [1.82, 2.24) is 29.5 Å². The molecule has 20 heavy (non-hydrogen) atoms. The number of aromatic nitrogens is 6. The highest BCUT2D eigenvalue weighted by atomic mass is 35.5. The molecule has 0 aliphatic rings.